The van der Waals surface area contributed by atoms with Crippen LogP contribution in [0, 0.1) is 12.8 Å². The number of fused-ring (bicyclic) bond motifs is 1. The first-order valence-electron chi connectivity index (χ1n) is 10.3. The van der Waals surface area contributed by atoms with E-state index >= 15 is 0 Å². The first-order chi connectivity index (χ1) is 15.4. The summed E-state index contributed by atoms with van der Waals surface area (Å²) in [5.74, 6) is -1.38. The molecule has 0 radical (unpaired) electrons. The Bertz CT molecular complexity index is 1180. The van der Waals surface area contributed by atoms with Crippen molar-refractivity contribution in [3.05, 3.63) is 71.4 Å². The van der Waals surface area contributed by atoms with Gasteiger partial charge in [-0.3, -0.25) is 24.6 Å². The smallest absolute Gasteiger partial charge is 0.251 e. The Hall–Kier alpha value is -3.78. The number of hydrogen-bond donors (Lipinski definition) is 3. The number of nitrogens with zero attached hydrogens (tertiary/aromatic N) is 1. The van der Waals surface area contributed by atoms with Crippen molar-refractivity contribution in [2.24, 2.45) is 5.92 Å². The second-order valence-corrected chi connectivity index (χ2v) is 7.86. The summed E-state index contributed by atoms with van der Waals surface area (Å²) in [6.07, 6.45) is 0.0532. The van der Waals surface area contributed by atoms with Crippen molar-refractivity contribution in [1.29, 1.82) is 0 Å². The summed E-state index contributed by atoms with van der Waals surface area (Å²) < 4.78 is 5.92. The monoisotopic (exact) mass is 433 g/mol. The predicted molar refractivity (Wildman–Crippen MR) is 116 cm³/mol. The Kier molecular flexibility index (Phi) is 6.13. The van der Waals surface area contributed by atoms with Crippen molar-refractivity contribution in [1.82, 2.24) is 15.8 Å². The number of benzene rings is 2. The Labute approximate surface area is 184 Å². The molecule has 4 rings (SSSR count). The van der Waals surface area contributed by atoms with Gasteiger partial charge in [0.2, 0.25) is 5.91 Å². The number of Topliss-reactive ketones (excluding diaryl/α,β-unsaturated/α-hetero) is 1. The zero-order chi connectivity index (χ0) is 22.7. The number of aromatic nitrogens is 1. The summed E-state index contributed by atoms with van der Waals surface area (Å²) in [5.41, 5.74) is 4.78. The van der Waals surface area contributed by atoms with Gasteiger partial charge in [-0.15, -0.1) is 0 Å². The number of carbonyl (C=O) groups is 3. The van der Waals surface area contributed by atoms with Crippen molar-refractivity contribution in [2.45, 2.75) is 32.4 Å². The van der Waals surface area contributed by atoms with Crippen LogP contribution < -0.4 is 15.5 Å². The van der Waals surface area contributed by atoms with E-state index in [9.17, 15) is 14.4 Å². The van der Waals surface area contributed by atoms with Gasteiger partial charge in [-0.2, -0.15) is 0 Å². The van der Waals surface area contributed by atoms with Crippen LogP contribution in [0.25, 0.3) is 10.9 Å². The molecule has 164 valence electrons. The highest BCUT2D eigenvalue weighted by atomic mass is 16.5. The minimum atomic E-state index is -0.780. The Morgan fingerprint density at radius 3 is 2.62 bits per heavy atom. The molecule has 1 aliphatic carbocycles. The standard InChI is InChI=1S/C24H23N3O5/c1-14-10-16(19-4-2-3-5-21(19)25-14)13-32-18-8-6-15(7-9-18)23(29)26-22-12-17(28)11-20(22)24(30)27-31/h2-10,20,22,31H,11-13H2,1H3,(H,26,29)(H,27,30)/t20-,22+/m0/s1. The third-order valence-electron chi connectivity index (χ3n) is 5.59. The highest BCUT2D eigenvalue weighted by Crippen LogP contribution is 2.24. The Balaban J connectivity index is 1.41. The van der Waals surface area contributed by atoms with Crippen LogP contribution in [-0.4, -0.2) is 33.8 Å². The second kappa shape index (κ2) is 9.15. The van der Waals surface area contributed by atoms with Gasteiger partial charge in [-0.25, -0.2) is 5.48 Å². The summed E-state index contributed by atoms with van der Waals surface area (Å²) in [7, 11) is 0. The number of para-hydroxylation sites is 1. The number of aryl methyl sites for hydroxylation is 1. The van der Waals surface area contributed by atoms with Gasteiger partial charge >= 0.3 is 0 Å². The van der Waals surface area contributed by atoms with Gasteiger partial charge in [0.15, 0.2) is 0 Å². The van der Waals surface area contributed by atoms with Crippen molar-refractivity contribution in [3.63, 3.8) is 0 Å². The van der Waals surface area contributed by atoms with Gasteiger partial charge in [0.1, 0.15) is 18.1 Å². The minimum Gasteiger partial charge on any atom is -0.489 e. The molecule has 0 saturated heterocycles. The average molecular weight is 433 g/mol. The van der Waals surface area contributed by atoms with Crippen LogP contribution in [0.15, 0.2) is 54.6 Å². The topological polar surface area (TPSA) is 118 Å². The first-order valence-corrected chi connectivity index (χ1v) is 10.3. The van der Waals surface area contributed by atoms with Crippen LogP contribution in [0.4, 0.5) is 0 Å². The molecule has 2 atom stereocenters. The van der Waals surface area contributed by atoms with Crippen LogP contribution in [0.1, 0.15) is 34.5 Å². The predicted octanol–water partition coefficient (Wildman–Crippen LogP) is 2.71. The number of nitrogens with one attached hydrogen (secondary N) is 2. The van der Waals surface area contributed by atoms with E-state index < -0.39 is 23.8 Å². The number of carbonyl (C=O) groups excluding carboxylic acids is 3. The van der Waals surface area contributed by atoms with E-state index in [-0.39, 0.29) is 18.6 Å². The number of pyridine rings is 1. The van der Waals surface area contributed by atoms with Gasteiger partial charge in [0.05, 0.1) is 11.4 Å². The van der Waals surface area contributed by atoms with Crippen molar-refractivity contribution < 1.29 is 24.3 Å². The van der Waals surface area contributed by atoms with Crippen LogP contribution in [-0.2, 0) is 16.2 Å². The van der Waals surface area contributed by atoms with E-state index in [2.05, 4.69) is 10.3 Å². The number of amides is 2. The van der Waals surface area contributed by atoms with Crippen molar-refractivity contribution >= 4 is 28.5 Å². The van der Waals surface area contributed by atoms with Gasteiger partial charge in [-0.05, 0) is 43.3 Å². The maximum Gasteiger partial charge on any atom is 0.251 e. The molecule has 1 aromatic heterocycles. The molecule has 3 aromatic rings. The summed E-state index contributed by atoms with van der Waals surface area (Å²) in [6, 6.07) is 15.9. The average Bonchev–Trinajstić information content (AvgIpc) is 3.17. The summed E-state index contributed by atoms with van der Waals surface area (Å²) in [6.45, 7) is 2.30. The Morgan fingerprint density at radius 1 is 1.12 bits per heavy atom. The molecular formula is C24H23N3O5. The lowest BCUT2D eigenvalue weighted by Gasteiger charge is -2.18. The van der Waals surface area contributed by atoms with Crippen molar-refractivity contribution in [2.75, 3.05) is 0 Å². The van der Waals surface area contributed by atoms with Gasteiger partial charge in [0, 0.05) is 41.1 Å². The number of ether oxygens (including phenoxy) is 1. The summed E-state index contributed by atoms with van der Waals surface area (Å²) in [5, 5.41) is 12.6. The zero-order valence-electron chi connectivity index (χ0n) is 17.5. The fraction of sp³-hybridized carbons (Fsp3) is 0.250. The highest BCUT2D eigenvalue weighted by Gasteiger charge is 2.38. The van der Waals surface area contributed by atoms with Gasteiger partial charge in [0.25, 0.3) is 5.91 Å². The molecule has 2 aromatic carbocycles. The van der Waals surface area contributed by atoms with Gasteiger partial charge in [-0.1, -0.05) is 18.2 Å². The number of ketones is 1. The van der Waals surface area contributed by atoms with E-state index in [1.165, 1.54) is 0 Å². The molecule has 0 spiro atoms. The molecule has 1 aliphatic rings. The van der Waals surface area contributed by atoms with E-state index in [0.717, 1.165) is 22.2 Å². The molecule has 3 N–H and O–H groups in total. The normalized spacial score (nSPS) is 17.9. The fourth-order valence-corrected chi connectivity index (χ4v) is 4.00. The molecule has 8 nitrogen and oxygen atoms in total. The van der Waals surface area contributed by atoms with E-state index in [1.54, 1.807) is 29.7 Å². The lowest BCUT2D eigenvalue weighted by atomic mass is 10.0. The third kappa shape index (κ3) is 4.60. The molecule has 0 unspecified atom stereocenters. The number of hydroxylamine groups is 1. The van der Waals surface area contributed by atoms with Crippen LogP contribution in [0.5, 0.6) is 5.75 Å². The third-order valence-corrected chi connectivity index (χ3v) is 5.59. The molecule has 0 bridgehead atoms. The second-order valence-electron chi connectivity index (χ2n) is 7.86. The molecular weight excluding hydrogens is 410 g/mol. The minimum absolute atomic E-state index is 0.00667. The van der Waals surface area contributed by atoms with E-state index in [0.29, 0.717) is 17.9 Å². The lowest BCUT2D eigenvalue weighted by Crippen LogP contribution is -2.43. The largest absolute Gasteiger partial charge is 0.489 e. The number of hydrogen-bond acceptors (Lipinski definition) is 6. The molecule has 1 saturated carbocycles. The van der Waals surface area contributed by atoms with Crippen molar-refractivity contribution in [3.8, 4) is 5.75 Å². The molecule has 32 heavy (non-hydrogen) atoms. The summed E-state index contributed by atoms with van der Waals surface area (Å²) in [4.78, 5) is 40.5. The van der Waals surface area contributed by atoms with Crippen LogP contribution in [0.2, 0.25) is 0 Å². The van der Waals surface area contributed by atoms with Gasteiger partial charge < -0.3 is 10.1 Å². The van der Waals surface area contributed by atoms with Crippen LogP contribution in [0.3, 0.4) is 0 Å². The maximum atomic E-state index is 12.6. The lowest BCUT2D eigenvalue weighted by molar-refractivity contribution is -0.134. The Morgan fingerprint density at radius 2 is 1.88 bits per heavy atom. The van der Waals surface area contributed by atoms with Crippen LogP contribution >= 0.6 is 0 Å². The fourth-order valence-electron chi connectivity index (χ4n) is 4.00. The summed E-state index contributed by atoms with van der Waals surface area (Å²) >= 11 is 0. The molecule has 1 heterocycles. The SMILES string of the molecule is Cc1cc(COc2ccc(C(=O)N[C@@H]3CC(=O)C[C@@H]3C(=O)NO)cc2)c2ccccc2n1. The maximum absolute atomic E-state index is 12.6. The number of rotatable bonds is 6. The quantitative estimate of drug-likeness (QED) is 0.406. The molecule has 0 aliphatic heterocycles. The van der Waals surface area contributed by atoms with E-state index in [1.807, 2.05) is 37.3 Å². The molecule has 2 amide bonds. The highest BCUT2D eigenvalue weighted by molar-refractivity contribution is 5.97. The first kappa shape index (κ1) is 21.5. The molecule has 1 fully saturated rings. The molecule has 8 heteroatoms. The van der Waals surface area contributed by atoms with E-state index in [4.69, 9.17) is 9.94 Å². The zero-order valence-corrected chi connectivity index (χ0v) is 17.5.